The maximum atomic E-state index is 12.5. The second-order valence-corrected chi connectivity index (χ2v) is 10.1. The van der Waals surface area contributed by atoms with E-state index in [2.05, 4.69) is 4.98 Å². The van der Waals surface area contributed by atoms with Crippen molar-refractivity contribution in [2.45, 2.75) is 25.3 Å². The highest BCUT2D eigenvalue weighted by molar-refractivity contribution is 8.55. The van der Waals surface area contributed by atoms with Crippen LogP contribution >= 0.6 is 53.1 Å². The fraction of sp³-hybridized carbons (Fsp3) is 0.500. The molecule has 0 bridgehead atoms. The third-order valence-corrected chi connectivity index (χ3v) is 7.66. The van der Waals surface area contributed by atoms with Crippen LogP contribution in [0.2, 0.25) is 10.0 Å². The Kier molecular flexibility index (Phi) is 9.11. The van der Waals surface area contributed by atoms with E-state index in [1.165, 1.54) is 6.07 Å². The number of thioether (sulfide) groups is 1. The van der Waals surface area contributed by atoms with Crippen LogP contribution < -0.4 is 4.52 Å². The molecule has 0 amide bonds. The van der Waals surface area contributed by atoms with E-state index in [0.29, 0.717) is 10.8 Å². The molecule has 0 aliphatic heterocycles. The summed E-state index contributed by atoms with van der Waals surface area (Å²) < 4.78 is 23.1. The molecule has 130 valence electrons. The van der Waals surface area contributed by atoms with Gasteiger partial charge in [0, 0.05) is 11.5 Å². The zero-order valence-electron chi connectivity index (χ0n) is 12.5. The van der Waals surface area contributed by atoms with Gasteiger partial charge in [-0.05, 0) is 24.4 Å². The minimum atomic E-state index is -3.42. The van der Waals surface area contributed by atoms with E-state index in [-0.39, 0.29) is 34.7 Å². The highest BCUT2D eigenvalue weighted by Crippen LogP contribution is 2.60. The predicted molar refractivity (Wildman–Crippen MR) is 95.2 cm³/mol. The molecule has 1 atom stereocenters. The summed E-state index contributed by atoms with van der Waals surface area (Å²) in [6, 6.07) is 1.42. The Hall–Kier alpha value is -0.110. The number of aliphatic carboxylic acids is 1. The second-order valence-electron chi connectivity index (χ2n) is 3.93. The summed E-state index contributed by atoms with van der Waals surface area (Å²) in [6.45, 7) is 0.324. The molecule has 23 heavy (non-hydrogen) atoms. The summed E-state index contributed by atoms with van der Waals surface area (Å²) in [6.07, 6.45) is -0.0371. The number of hydrogen-bond acceptors (Lipinski definition) is 7. The number of carboxylic acids is 1. The summed E-state index contributed by atoms with van der Waals surface area (Å²) in [5.74, 6) is -0.149. The first-order valence-electron chi connectivity index (χ1n) is 6.60. The fourth-order valence-electron chi connectivity index (χ4n) is 1.35. The van der Waals surface area contributed by atoms with Crippen molar-refractivity contribution in [1.29, 1.82) is 0 Å². The minimum absolute atomic E-state index is 0.0371. The van der Waals surface area contributed by atoms with Crippen LogP contribution in [-0.2, 0) is 13.9 Å². The number of aromatic nitrogens is 1. The van der Waals surface area contributed by atoms with Crippen LogP contribution in [0.4, 0.5) is 0 Å². The molecular formula is C12H16Cl2NO5PS2. The standard InChI is InChI=1S/C12H16Cl2NO5PS2/c1-3-19-21(18,23-4-2)20-11-8(13)7-9(14)12(15-11)22-6-5-10(16)17/h7H,3-6H2,1-2H3,(H,16,17). The van der Waals surface area contributed by atoms with E-state index < -0.39 is 12.8 Å². The first kappa shape index (κ1) is 20.9. The van der Waals surface area contributed by atoms with Crippen LogP contribution in [0.5, 0.6) is 5.88 Å². The summed E-state index contributed by atoms with van der Waals surface area (Å²) in [5, 5.41) is 9.40. The van der Waals surface area contributed by atoms with Gasteiger partial charge >= 0.3 is 12.8 Å². The predicted octanol–water partition coefficient (Wildman–Crippen LogP) is 5.23. The molecule has 0 aliphatic rings. The van der Waals surface area contributed by atoms with E-state index in [1.807, 2.05) is 6.92 Å². The topological polar surface area (TPSA) is 85.7 Å². The number of nitrogens with zero attached hydrogens (tertiary/aromatic N) is 1. The Bertz CT molecular complexity index is 595. The molecule has 0 aliphatic carbocycles. The van der Waals surface area contributed by atoms with Crippen LogP contribution in [-0.4, -0.2) is 34.2 Å². The fourth-order valence-corrected chi connectivity index (χ4v) is 5.80. The Morgan fingerprint density at radius 2 is 2.09 bits per heavy atom. The Morgan fingerprint density at radius 1 is 1.39 bits per heavy atom. The Morgan fingerprint density at radius 3 is 2.65 bits per heavy atom. The lowest BCUT2D eigenvalue weighted by Crippen LogP contribution is -2.00. The lowest BCUT2D eigenvalue weighted by Gasteiger charge is -2.17. The molecule has 0 radical (unpaired) electrons. The number of rotatable bonds is 10. The average Bonchev–Trinajstić information content (AvgIpc) is 2.43. The molecule has 0 spiro atoms. The minimum Gasteiger partial charge on any atom is -0.481 e. The lowest BCUT2D eigenvalue weighted by molar-refractivity contribution is -0.136. The van der Waals surface area contributed by atoms with Gasteiger partial charge in [-0.15, -0.1) is 11.8 Å². The molecular weight excluding hydrogens is 404 g/mol. The van der Waals surface area contributed by atoms with E-state index in [0.717, 1.165) is 23.1 Å². The van der Waals surface area contributed by atoms with E-state index in [4.69, 9.17) is 37.4 Å². The number of carbonyl (C=O) groups is 1. The van der Waals surface area contributed by atoms with Gasteiger partial charge in [-0.2, -0.15) is 0 Å². The molecule has 1 aromatic rings. The van der Waals surface area contributed by atoms with Crippen molar-refractivity contribution in [1.82, 2.24) is 4.98 Å². The van der Waals surface area contributed by atoms with Crippen LogP contribution in [0.15, 0.2) is 11.1 Å². The van der Waals surface area contributed by atoms with Crippen LogP contribution in [0, 0.1) is 0 Å². The number of carboxylic acid groups (broad SMARTS) is 1. The monoisotopic (exact) mass is 419 g/mol. The molecule has 1 heterocycles. The zero-order chi connectivity index (χ0) is 17.5. The molecule has 1 aromatic heterocycles. The molecule has 0 fully saturated rings. The maximum absolute atomic E-state index is 12.5. The lowest BCUT2D eigenvalue weighted by atomic mass is 10.5. The number of halogens is 2. The van der Waals surface area contributed by atoms with E-state index >= 15 is 0 Å². The highest BCUT2D eigenvalue weighted by Gasteiger charge is 2.28. The molecule has 0 aromatic carbocycles. The Labute approximate surface area is 152 Å². The first-order chi connectivity index (χ1) is 10.8. The number of pyridine rings is 1. The quantitative estimate of drug-likeness (QED) is 0.407. The average molecular weight is 420 g/mol. The SMILES string of the molecule is CCOP(=O)(Oc1nc(SCCC(=O)O)c(Cl)cc1Cl)SCC. The largest absolute Gasteiger partial charge is 0.481 e. The van der Waals surface area contributed by atoms with Crippen LogP contribution in [0.1, 0.15) is 20.3 Å². The van der Waals surface area contributed by atoms with Gasteiger partial charge in [0.05, 0.1) is 18.1 Å². The Balaban J connectivity index is 2.97. The van der Waals surface area contributed by atoms with Gasteiger partial charge in [0.25, 0.3) is 0 Å². The number of hydrogen-bond donors (Lipinski definition) is 1. The van der Waals surface area contributed by atoms with Crippen molar-refractivity contribution < 1.29 is 23.5 Å². The van der Waals surface area contributed by atoms with Crippen molar-refractivity contribution in [3.63, 3.8) is 0 Å². The summed E-state index contributed by atoms with van der Waals surface area (Å²) in [5.41, 5.74) is 0. The van der Waals surface area contributed by atoms with Crippen molar-refractivity contribution in [2.24, 2.45) is 0 Å². The first-order valence-corrected chi connectivity index (χ1v) is 11.5. The van der Waals surface area contributed by atoms with Gasteiger partial charge < -0.3 is 9.63 Å². The second kappa shape index (κ2) is 10.0. The molecule has 11 heteroatoms. The van der Waals surface area contributed by atoms with Gasteiger partial charge in [-0.25, -0.2) is 9.55 Å². The molecule has 1 rings (SSSR count). The molecule has 0 saturated heterocycles. The van der Waals surface area contributed by atoms with Crippen molar-refractivity contribution in [2.75, 3.05) is 18.1 Å². The van der Waals surface area contributed by atoms with Gasteiger partial charge in [0.2, 0.25) is 5.88 Å². The third-order valence-electron chi connectivity index (χ3n) is 2.19. The van der Waals surface area contributed by atoms with Crippen molar-refractivity contribution in [3.05, 3.63) is 16.1 Å². The summed E-state index contributed by atoms with van der Waals surface area (Å²) in [7, 11) is 0. The molecule has 6 nitrogen and oxygen atoms in total. The summed E-state index contributed by atoms with van der Waals surface area (Å²) in [4.78, 5) is 14.7. The van der Waals surface area contributed by atoms with Crippen molar-refractivity contribution >= 4 is 59.1 Å². The van der Waals surface area contributed by atoms with Gasteiger partial charge in [-0.1, -0.05) is 30.1 Å². The molecule has 1 unspecified atom stereocenters. The third kappa shape index (κ3) is 7.11. The van der Waals surface area contributed by atoms with E-state index in [1.54, 1.807) is 6.92 Å². The zero-order valence-corrected chi connectivity index (χ0v) is 16.5. The molecule has 1 N–H and O–H groups in total. The van der Waals surface area contributed by atoms with Crippen LogP contribution in [0.25, 0.3) is 0 Å². The van der Waals surface area contributed by atoms with Gasteiger partial charge in [0.15, 0.2) is 0 Å². The highest BCUT2D eigenvalue weighted by atomic mass is 35.5. The maximum Gasteiger partial charge on any atom is 0.441 e. The van der Waals surface area contributed by atoms with E-state index in [9.17, 15) is 9.36 Å². The van der Waals surface area contributed by atoms with Crippen LogP contribution in [0.3, 0.4) is 0 Å². The smallest absolute Gasteiger partial charge is 0.441 e. The van der Waals surface area contributed by atoms with Gasteiger partial charge in [-0.3, -0.25) is 9.32 Å². The normalized spacial score (nSPS) is 13.6. The van der Waals surface area contributed by atoms with Crippen molar-refractivity contribution in [3.8, 4) is 5.88 Å². The van der Waals surface area contributed by atoms with Gasteiger partial charge in [0.1, 0.15) is 10.0 Å². The molecule has 0 saturated carbocycles. The summed E-state index contributed by atoms with van der Waals surface area (Å²) >= 11 is 14.2.